The molecular formula is C21H22N2O2. The quantitative estimate of drug-likeness (QED) is 0.635. The highest BCUT2D eigenvalue weighted by Gasteiger charge is 2.13. The first-order valence-corrected chi connectivity index (χ1v) is 8.46. The van der Waals surface area contributed by atoms with Gasteiger partial charge in [-0.1, -0.05) is 66.7 Å². The van der Waals surface area contributed by atoms with Gasteiger partial charge in [-0.2, -0.15) is 0 Å². The van der Waals surface area contributed by atoms with Gasteiger partial charge in [0.25, 0.3) is 0 Å². The van der Waals surface area contributed by atoms with Gasteiger partial charge in [-0.3, -0.25) is 0 Å². The molecule has 0 aromatic heterocycles. The Morgan fingerprint density at radius 3 is 2.44 bits per heavy atom. The van der Waals surface area contributed by atoms with Crippen molar-refractivity contribution in [2.24, 2.45) is 0 Å². The third-order valence-electron chi connectivity index (χ3n) is 4.30. The number of hydrogen-bond acceptors (Lipinski definition) is 2. The highest BCUT2D eigenvalue weighted by Crippen LogP contribution is 2.23. The van der Waals surface area contributed by atoms with Crippen LogP contribution in [0.4, 0.5) is 10.5 Å². The number of urea groups is 1. The summed E-state index contributed by atoms with van der Waals surface area (Å²) in [6.07, 6.45) is 0.610. The van der Waals surface area contributed by atoms with E-state index in [1.54, 1.807) is 0 Å². The van der Waals surface area contributed by atoms with Crippen LogP contribution in [0, 0.1) is 0 Å². The molecule has 2 amide bonds. The standard InChI is InChI=1S/C21H22N2O2/c24-14-13-18(16-7-2-1-3-8-16)15-22-21(25)23-20-12-6-10-17-9-4-5-11-19(17)20/h1-12,18,24H,13-15H2,(H2,22,23,25). The van der Waals surface area contributed by atoms with Crippen LogP contribution in [0.15, 0.2) is 72.8 Å². The Kier molecular flexibility index (Phi) is 5.65. The van der Waals surface area contributed by atoms with Crippen molar-refractivity contribution in [2.45, 2.75) is 12.3 Å². The minimum atomic E-state index is -0.241. The lowest BCUT2D eigenvalue weighted by atomic mass is 9.96. The van der Waals surface area contributed by atoms with Crippen molar-refractivity contribution in [3.63, 3.8) is 0 Å². The lowest BCUT2D eigenvalue weighted by Gasteiger charge is -2.17. The van der Waals surface area contributed by atoms with Gasteiger partial charge < -0.3 is 15.7 Å². The molecule has 0 aliphatic carbocycles. The fraction of sp³-hybridized carbons (Fsp3) is 0.190. The second-order valence-electron chi connectivity index (χ2n) is 5.98. The zero-order valence-electron chi connectivity index (χ0n) is 14.0. The Labute approximate surface area is 147 Å². The second-order valence-corrected chi connectivity index (χ2v) is 5.98. The number of carbonyl (C=O) groups is 1. The summed E-state index contributed by atoms with van der Waals surface area (Å²) in [5, 5.41) is 17.2. The van der Waals surface area contributed by atoms with Gasteiger partial charge in [0, 0.05) is 24.5 Å². The number of fused-ring (bicyclic) bond motifs is 1. The van der Waals surface area contributed by atoms with Gasteiger partial charge in [-0.15, -0.1) is 0 Å². The maximum Gasteiger partial charge on any atom is 0.319 e. The number of nitrogens with one attached hydrogen (secondary N) is 2. The number of rotatable bonds is 6. The zero-order chi connectivity index (χ0) is 17.5. The first-order chi connectivity index (χ1) is 12.3. The third kappa shape index (κ3) is 4.37. The number of carbonyl (C=O) groups excluding carboxylic acids is 1. The Balaban J connectivity index is 1.65. The fourth-order valence-corrected chi connectivity index (χ4v) is 2.98. The molecule has 0 saturated heterocycles. The lowest BCUT2D eigenvalue weighted by Crippen LogP contribution is -2.32. The average Bonchev–Trinajstić information content (AvgIpc) is 2.66. The molecule has 0 radical (unpaired) electrons. The number of amides is 2. The third-order valence-corrected chi connectivity index (χ3v) is 4.30. The summed E-state index contributed by atoms with van der Waals surface area (Å²) in [5.74, 6) is 0.0875. The van der Waals surface area contributed by atoms with Crippen LogP contribution in [-0.2, 0) is 0 Å². The highest BCUT2D eigenvalue weighted by molar-refractivity contribution is 6.01. The first-order valence-electron chi connectivity index (χ1n) is 8.46. The van der Waals surface area contributed by atoms with Crippen LogP contribution < -0.4 is 10.6 Å². The Morgan fingerprint density at radius 1 is 0.920 bits per heavy atom. The van der Waals surface area contributed by atoms with E-state index in [0.717, 1.165) is 22.0 Å². The minimum Gasteiger partial charge on any atom is -0.396 e. The summed E-state index contributed by atoms with van der Waals surface area (Å²) in [5.41, 5.74) is 1.90. The molecule has 0 aliphatic rings. The van der Waals surface area contributed by atoms with E-state index >= 15 is 0 Å². The summed E-state index contributed by atoms with van der Waals surface area (Å²) in [7, 11) is 0. The van der Waals surface area contributed by atoms with Gasteiger partial charge >= 0.3 is 6.03 Å². The average molecular weight is 334 g/mol. The summed E-state index contributed by atoms with van der Waals surface area (Å²) in [6, 6.07) is 23.5. The van der Waals surface area contributed by atoms with Crippen LogP contribution in [0.5, 0.6) is 0 Å². The number of hydrogen-bond donors (Lipinski definition) is 3. The largest absolute Gasteiger partial charge is 0.396 e. The van der Waals surface area contributed by atoms with Crippen LogP contribution in [0.25, 0.3) is 10.8 Å². The van der Waals surface area contributed by atoms with Gasteiger partial charge in [-0.25, -0.2) is 4.79 Å². The number of anilines is 1. The predicted octanol–water partition coefficient (Wildman–Crippen LogP) is 4.13. The van der Waals surface area contributed by atoms with E-state index < -0.39 is 0 Å². The van der Waals surface area contributed by atoms with E-state index in [1.165, 1.54) is 0 Å². The van der Waals surface area contributed by atoms with E-state index in [9.17, 15) is 9.90 Å². The molecular weight excluding hydrogens is 312 g/mol. The zero-order valence-corrected chi connectivity index (χ0v) is 14.0. The van der Waals surface area contributed by atoms with Crippen LogP contribution in [0.3, 0.4) is 0 Å². The Morgan fingerprint density at radius 2 is 1.64 bits per heavy atom. The summed E-state index contributed by atoms with van der Waals surface area (Å²) < 4.78 is 0. The molecule has 1 unspecified atom stereocenters. The van der Waals surface area contributed by atoms with Gasteiger partial charge in [0.2, 0.25) is 0 Å². The van der Waals surface area contributed by atoms with E-state index in [1.807, 2.05) is 72.8 Å². The summed E-state index contributed by atoms with van der Waals surface area (Å²) in [6.45, 7) is 0.563. The Hall–Kier alpha value is -2.85. The molecule has 0 fully saturated rings. The van der Waals surface area contributed by atoms with Crippen LogP contribution in [0.1, 0.15) is 17.9 Å². The van der Waals surface area contributed by atoms with Gasteiger partial charge in [0.15, 0.2) is 0 Å². The smallest absolute Gasteiger partial charge is 0.319 e. The molecule has 128 valence electrons. The SMILES string of the molecule is O=C(NCC(CCO)c1ccccc1)Nc1cccc2ccccc12. The topological polar surface area (TPSA) is 61.4 Å². The molecule has 0 bridgehead atoms. The van der Waals surface area contributed by atoms with Crippen LogP contribution in [-0.4, -0.2) is 24.3 Å². The fourth-order valence-electron chi connectivity index (χ4n) is 2.98. The number of aliphatic hydroxyl groups excluding tert-OH is 1. The Bertz CT molecular complexity index is 828. The van der Waals surface area contributed by atoms with Crippen molar-refractivity contribution >= 4 is 22.5 Å². The molecule has 3 aromatic rings. The van der Waals surface area contributed by atoms with Crippen molar-refractivity contribution in [2.75, 3.05) is 18.5 Å². The maximum absolute atomic E-state index is 12.3. The van der Waals surface area contributed by atoms with Crippen LogP contribution in [0.2, 0.25) is 0 Å². The van der Waals surface area contributed by atoms with Crippen molar-refractivity contribution < 1.29 is 9.90 Å². The van der Waals surface area contributed by atoms with Crippen molar-refractivity contribution in [1.82, 2.24) is 5.32 Å². The normalized spacial score (nSPS) is 11.9. The molecule has 4 heteroatoms. The van der Waals surface area contributed by atoms with E-state index in [-0.39, 0.29) is 18.6 Å². The van der Waals surface area contributed by atoms with Gasteiger partial charge in [0.05, 0.1) is 5.69 Å². The van der Waals surface area contributed by atoms with Crippen LogP contribution >= 0.6 is 0 Å². The molecule has 0 spiro atoms. The van der Waals surface area contributed by atoms with Crippen molar-refractivity contribution in [3.8, 4) is 0 Å². The number of benzene rings is 3. The molecule has 3 N–H and O–H groups in total. The maximum atomic E-state index is 12.3. The molecule has 25 heavy (non-hydrogen) atoms. The molecule has 3 rings (SSSR count). The lowest BCUT2D eigenvalue weighted by molar-refractivity contribution is 0.248. The van der Waals surface area contributed by atoms with E-state index in [4.69, 9.17) is 0 Å². The molecule has 0 saturated carbocycles. The summed E-state index contributed by atoms with van der Waals surface area (Å²) in [4.78, 5) is 12.3. The number of aliphatic hydroxyl groups is 1. The molecule has 0 heterocycles. The molecule has 3 aromatic carbocycles. The first kappa shape index (κ1) is 17.0. The van der Waals surface area contributed by atoms with E-state index in [2.05, 4.69) is 10.6 Å². The molecule has 4 nitrogen and oxygen atoms in total. The minimum absolute atomic E-state index is 0.0875. The van der Waals surface area contributed by atoms with Crippen molar-refractivity contribution in [1.29, 1.82) is 0 Å². The molecule has 0 aliphatic heterocycles. The van der Waals surface area contributed by atoms with E-state index in [0.29, 0.717) is 13.0 Å². The monoisotopic (exact) mass is 334 g/mol. The van der Waals surface area contributed by atoms with Gasteiger partial charge in [0.1, 0.15) is 0 Å². The predicted molar refractivity (Wildman–Crippen MR) is 102 cm³/mol. The molecule has 1 atom stereocenters. The second kappa shape index (κ2) is 8.31. The highest BCUT2D eigenvalue weighted by atomic mass is 16.3. The van der Waals surface area contributed by atoms with Gasteiger partial charge in [-0.05, 0) is 23.4 Å². The van der Waals surface area contributed by atoms with Crippen molar-refractivity contribution in [3.05, 3.63) is 78.4 Å². The summed E-state index contributed by atoms with van der Waals surface area (Å²) >= 11 is 0.